The van der Waals surface area contributed by atoms with Crippen LogP contribution in [0.25, 0.3) is 0 Å². The maximum absolute atomic E-state index is 11.4. The lowest BCUT2D eigenvalue weighted by Gasteiger charge is -2.12. The fraction of sp³-hybridized carbons (Fsp3) is 0.533. The van der Waals surface area contributed by atoms with Crippen molar-refractivity contribution < 1.29 is 4.79 Å². The second-order valence-electron chi connectivity index (χ2n) is 5.39. The molecule has 0 radical (unpaired) electrons. The Morgan fingerprint density at radius 3 is 2.39 bits per heavy atom. The molecule has 0 unspecified atom stereocenters. The van der Waals surface area contributed by atoms with Crippen molar-refractivity contribution >= 4 is 5.91 Å². The van der Waals surface area contributed by atoms with Crippen molar-refractivity contribution in [1.82, 2.24) is 10.6 Å². The number of rotatable bonds is 5. The Kier molecular flexibility index (Phi) is 3.33. The minimum atomic E-state index is 0.242. The number of hydrogen-bond acceptors (Lipinski definition) is 2. The summed E-state index contributed by atoms with van der Waals surface area (Å²) in [7, 11) is 0. The van der Waals surface area contributed by atoms with Gasteiger partial charge in [0.1, 0.15) is 0 Å². The summed E-state index contributed by atoms with van der Waals surface area (Å²) in [5, 5.41) is 6.52. The van der Waals surface area contributed by atoms with Crippen molar-refractivity contribution in [2.75, 3.05) is 13.1 Å². The van der Waals surface area contributed by atoms with Gasteiger partial charge in [-0.05, 0) is 36.8 Å². The van der Waals surface area contributed by atoms with E-state index in [0.717, 1.165) is 38.8 Å². The maximum Gasteiger partial charge on any atom is 0.223 e. The van der Waals surface area contributed by atoms with Crippen LogP contribution in [-0.2, 0) is 17.6 Å². The molecule has 1 amide bonds. The topological polar surface area (TPSA) is 41.1 Å². The smallest absolute Gasteiger partial charge is 0.223 e. The summed E-state index contributed by atoms with van der Waals surface area (Å²) in [5.74, 6) is 0.562. The van der Waals surface area contributed by atoms with E-state index in [1.165, 1.54) is 11.1 Å². The molecule has 1 saturated carbocycles. The van der Waals surface area contributed by atoms with E-state index >= 15 is 0 Å². The summed E-state index contributed by atoms with van der Waals surface area (Å²) in [5.41, 5.74) is 2.94. The van der Waals surface area contributed by atoms with E-state index in [-0.39, 0.29) is 5.91 Å². The summed E-state index contributed by atoms with van der Waals surface area (Å²) < 4.78 is 0. The number of carbonyl (C=O) groups excluding carboxylic acids is 1. The highest BCUT2D eigenvalue weighted by atomic mass is 16.2. The van der Waals surface area contributed by atoms with E-state index in [1.807, 2.05) is 0 Å². The number of nitrogens with one attached hydrogen (secondary N) is 2. The van der Waals surface area contributed by atoms with Crippen molar-refractivity contribution in [3.05, 3.63) is 35.4 Å². The maximum atomic E-state index is 11.4. The molecule has 0 aromatic heterocycles. The average molecular weight is 244 g/mol. The summed E-state index contributed by atoms with van der Waals surface area (Å²) in [4.78, 5) is 11.4. The molecular weight excluding hydrogens is 224 g/mol. The van der Waals surface area contributed by atoms with Gasteiger partial charge in [0.15, 0.2) is 0 Å². The molecule has 18 heavy (non-hydrogen) atoms. The van der Waals surface area contributed by atoms with E-state index < -0.39 is 0 Å². The van der Waals surface area contributed by atoms with Gasteiger partial charge in [-0.2, -0.15) is 0 Å². The Bertz CT molecular complexity index is 415. The van der Waals surface area contributed by atoms with Gasteiger partial charge in [0.2, 0.25) is 5.91 Å². The molecule has 3 heteroatoms. The van der Waals surface area contributed by atoms with E-state index in [1.54, 1.807) is 0 Å². The molecule has 0 aliphatic heterocycles. The van der Waals surface area contributed by atoms with Crippen LogP contribution in [0, 0.1) is 5.92 Å². The summed E-state index contributed by atoms with van der Waals surface area (Å²) in [6, 6.07) is 9.19. The van der Waals surface area contributed by atoms with Crippen LogP contribution >= 0.6 is 0 Å². The van der Waals surface area contributed by atoms with Gasteiger partial charge in [0.05, 0.1) is 0 Å². The zero-order valence-corrected chi connectivity index (χ0v) is 10.6. The van der Waals surface area contributed by atoms with E-state index in [4.69, 9.17) is 0 Å². The standard InChI is InChI=1S/C15H20N2O/c18-15(11-5-6-11)17-8-7-16-14-9-12-3-1-2-4-13(12)10-14/h1-4,11,14,16H,5-10H2,(H,17,18). The molecule has 0 bridgehead atoms. The fourth-order valence-electron chi connectivity index (χ4n) is 2.66. The van der Waals surface area contributed by atoms with Crippen LogP contribution in [0.2, 0.25) is 0 Å². The first-order valence-corrected chi connectivity index (χ1v) is 6.91. The molecule has 1 fully saturated rings. The van der Waals surface area contributed by atoms with Gasteiger partial charge in [-0.3, -0.25) is 4.79 Å². The normalized spacial score (nSPS) is 18.7. The molecule has 0 saturated heterocycles. The first kappa shape index (κ1) is 11.7. The van der Waals surface area contributed by atoms with Crippen molar-refractivity contribution in [2.24, 2.45) is 5.92 Å². The van der Waals surface area contributed by atoms with Crippen LogP contribution < -0.4 is 10.6 Å². The Labute approximate surface area is 108 Å². The molecule has 3 rings (SSSR count). The van der Waals surface area contributed by atoms with E-state index in [2.05, 4.69) is 34.9 Å². The Hall–Kier alpha value is -1.35. The number of carbonyl (C=O) groups is 1. The fourth-order valence-corrected chi connectivity index (χ4v) is 2.66. The van der Waals surface area contributed by atoms with Gasteiger partial charge in [-0.15, -0.1) is 0 Å². The van der Waals surface area contributed by atoms with Gasteiger partial charge < -0.3 is 10.6 Å². The lowest BCUT2D eigenvalue weighted by molar-refractivity contribution is -0.122. The van der Waals surface area contributed by atoms with E-state index in [9.17, 15) is 4.79 Å². The van der Waals surface area contributed by atoms with Crippen molar-refractivity contribution in [3.63, 3.8) is 0 Å². The minimum absolute atomic E-state index is 0.242. The lowest BCUT2D eigenvalue weighted by Crippen LogP contribution is -2.37. The third-order valence-electron chi connectivity index (χ3n) is 3.86. The van der Waals surface area contributed by atoms with Gasteiger partial charge >= 0.3 is 0 Å². The molecular formula is C15H20N2O. The Morgan fingerprint density at radius 2 is 1.78 bits per heavy atom. The first-order valence-electron chi connectivity index (χ1n) is 6.91. The first-order chi connectivity index (χ1) is 8.83. The van der Waals surface area contributed by atoms with Crippen LogP contribution in [0.4, 0.5) is 0 Å². The van der Waals surface area contributed by atoms with E-state index in [0.29, 0.717) is 12.0 Å². The molecule has 2 aliphatic carbocycles. The number of benzene rings is 1. The number of amides is 1. The molecule has 1 aromatic carbocycles. The molecule has 0 heterocycles. The highest BCUT2D eigenvalue weighted by molar-refractivity contribution is 5.80. The van der Waals surface area contributed by atoms with Crippen LogP contribution in [0.1, 0.15) is 24.0 Å². The largest absolute Gasteiger partial charge is 0.355 e. The third kappa shape index (κ3) is 2.72. The molecule has 2 aliphatic rings. The monoisotopic (exact) mass is 244 g/mol. The van der Waals surface area contributed by atoms with Gasteiger partial charge in [0, 0.05) is 25.0 Å². The highest BCUT2D eigenvalue weighted by Crippen LogP contribution is 2.28. The van der Waals surface area contributed by atoms with Crippen LogP contribution in [-0.4, -0.2) is 25.0 Å². The van der Waals surface area contributed by atoms with Gasteiger partial charge in [-0.25, -0.2) is 0 Å². The van der Waals surface area contributed by atoms with Crippen molar-refractivity contribution in [3.8, 4) is 0 Å². The highest BCUT2D eigenvalue weighted by Gasteiger charge is 2.29. The Morgan fingerprint density at radius 1 is 1.11 bits per heavy atom. The number of hydrogen-bond donors (Lipinski definition) is 2. The van der Waals surface area contributed by atoms with Crippen molar-refractivity contribution in [1.29, 1.82) is 0 Å². The summed E-state index contributed by atoms with van der Waals surface area (Å²) in [6.45, 7) is 1.62. The predicted molar refractivity (Wildman–Crippen MR) is 71.4 cm³/mol. The summed E-state index contributed by atoms with van der Waals surface area (Å²) >= 11 is 0. The quantitative estimate of drug-likeness (QED) is 0.766. The van der Waals surface area contributed by atoms with Gasteiger partial charge in [0.25, 0.3) is 0 Å². The van der Waals surface area contributed by atoms with Crippen LogP contribution in [0.5, 0.6) is 0 Å². The second-order valence-corrected chi connectivity index (χ2v) is 5.39. The SMILES string of the molecule is O=C(NCCNC1Cc2ccccc2C1)C1CC1. The third-order valence-corrected chi connectivity index (χ3v) is 3.86. The number of fused-ring (bicyclic) bond motifs is 1. The lowest BCUT2D eigenvalue weighted by atomic mass is 10.1. The zero-order chi connectivity index (χ0) is 12.4. The Balaban J connectivity index is 1.36. The minimum Gasteiger partial charge on any atom is -0.355 e. The predicted octanol–water partition coefficient (Wildman–Crippen LogP) is 1.27. The van der Waals surface area contributed by atoms with Gasteiger partial charge in [-0.1, -0.05) is 24.3 Å². The molecule has 0 spiro atoms. The van der Waals surface area contributed by atoms with Crippen molar-refractivity contribution in [2.45, 2.75) is 31.7 Å². The zero-order valence-electron chi connectivity index (χ0n) is 10.6. The molecule has 0 atom stereocenters. The molecule has 1 aromatic rings. The summed E-state index contributed by atoms with van der Waals surface area (Å²) in [6.07, 6.45) is 4.40. The average Bonchev–Trinajstić information content (AvgIpc) is 3.14. The second kappa shape index (κ2) is 5.11. The van der Waals surface area contributed by atoms with Crippen LogP contribution in [0.3, 0.4) is 0 Å². The molecule has 2 N–H and O–H groups in total. The molecule has 96 valence electrons. The molecule has 3 nitrogen and oxygen atoms in total. The van der Waals surface area contributed by atoms with Crippen LogP contribution in [0.15, 0.2) is 24.3 Å².